The Labute approximate surface area is 127 Å². The van der Waals surface area contributed by atoms with Crippen molar-refractivity contribution < 1.29 is 14.3 Å². The van der Waals surface area contributed by atoms with Gasteiger partial charge in [-0.15, -0.1) is 0 Å². The van der Waals surface area contributed by atoms with Crippen LogP contribution in [-0.4, -0.2) is 18.5 Å². The summed E-state index contributed by atoms with van der Waals surface area (Å²) in [5.74, 6) is -0.634. The summed E-state index contributed by atoms with van der Waals surface area (Å²) in [5.41, 5.74) is 1.73. The predicted octanol–water partition coefficient (Wildman–Crippen LogP) is 3.27. The number of rotatable bonds is 6. The number of hydrogen-bond donors (Lipinski definition) is 1. The van der Waals surface area contributed by atoms with E-state index in [-0.39, 0.29) is 18.5 Å². The first-order chi connectivity index (χ1) is 9.02. The molecule has 0 atom stereocenters. The van der Waals surface area contributed by atoms with Crippen LogP contribution in [0.25, 0.3) is 0 Å². The van der Waals surface area contributed by atoms with Gasteiger partial charge in [-0.2, -0.15) is 0 Å². The van der Waals surface area contributed by atoms with Crippen LogP contribution in [0.3, 0.4) is 0 Å². The van der Waals surface area contributed by atoms with Gasteiger partial charge in [0.05, 0.1) is 0 Å². The first-order valence-corrected chi connectivity index (χ1v) is 7.32. The molecule has 0 bridgehead atoms. The molecule has 0 aliphatic rings. The lowest BCUT2D eigenvalue weighted by atomic mass is 10.2. The average molecular weight is 375 g/mol. The van der Waals surface area contributed by atoms with E-state index in [1.807, 2.05) is 32.0 Å². The van der Waals surface area contributed by atoms with Gasteiger partial charge in [-0.3, -0.25) is 9.59 Å². The fraction of sp³-hybridized carbons (Fsp3) is 0.429. The molecule has 1 aromatic carbocycles. The van der Waals surface area contributed by atoms with E-state index in [0.717, 1.165) is 27.7 Å². The van der Waals surface area contributed by atoms with E-state index in [4.69, 9.17) is 4.74 Å². The number of carbonyl (C=O) groups is 2. The number of unbranched alkanes of at least 4 members (excludes halogenated alkanes) is 1. The van der Waals surface area contributed by atoms with Gasteiger partial charge in [0.1, 0.15) is 0 Å². The number of esters is 1. The highest BCUT2D eigenvalue weighted by molar-refractivity contribution is 14.1. The van der Waals surface area contributed by atoms with E-state index in [2.05, 4.69) is 27.9 Å². The van der Waals surface area contributed by atoms with Crippen molar-refractivity contribution >= 4 is 40.2 Å². The number of ether oxygens (including phenoxy) is 1. The molecule has 1 amide bonds. The van der Waals surface area contributed by atoms with Crippen LogP contribution in [0.1, 0.15) is 31.7 Å². The van der Waals surface area contributed by atoms with Gasteiger partial charge in [-0.1, -0.05) is 13.3 Å². The summed E-state index contributed by atoms with van der Waals surface area (Å²) in [5, 5.41) is 2.73. The molecule has 1 aromatic rings. The molecule has 0 saturated carbocycles. The van der Waals surface area contributed by atoms with Crippen molar-refractivity contribution in [3.05, 3.63) is 27.3 Å². The van der Waals surface area contributed by atoms with Crippen LogP contribution in [0.4, 0.5) is 5.69 Å². The number of anilines is 1. The van der Waals surface area contributed by atoms with Crippen LogP contribution in [0.5, 0.6) is 0 Å². The number of carbonyl (C=O) groups excluding carboxylic acids is 2. The largest absolute Gasteiger partial charge is 0.456 e. The second-order valence-electron chi connectivity index (χ2n) is 4.27. The van der Waals surface area contributed by atoms with Crippen LogP contribution in [0.2, 0.25) is 0 Å². The second kappa shape index (κ2) is 8.14. The second-order valence-corrected chi connectivity index (χ2v) is 5.52. The summed E-state index contributed by atoms with van der Waals surface area (Å²) in [6, 6.07) is 5.73. The Kier molecular flexibility index (Phi) is 6.83. The highest BCUT2D eigenvalue weighted by Crippen LogP contribution is 2.17. The van der Waals surface area contributed by atoms with E-state index in [9.17, 15) is 9.59 Å². The normalized spacial score (nSPS) is 10.1. The van der Waals surface area contributed by atoms with Crippen molar-refractivity contribution in [1.29, 1.82) is 0 Å². The lowest BCUT2D eigenvalue weighted by Gasteiger charge is -2.09. The monoisotopic (exact) mass is 375 g/mol. The minimum Gasteiger partial charge on any atom is -0.456 e. The molecule has 0 heterocycles. The summed E-state index contributed by atoms with van der Waals surface area (Å²) in [4.78, 5) is 22.9. The average Bonchev–Trinajstić information content (AvgIpc) is 2.37. The molecule has 0 saturated heterocycles. The Hall–Kier alpha value is -1.11. The molecule has 0 aromatic heterocycles. The van der Waals surface area contributed by atoms with Gasteiger partial charge in [0.25, 0.3) is 5.91 Å². The fourth-order valence-corrected chi connectivity index (χ4v) is 2.14. The smallest absolute Gasteiger partial charge is 0.306 e. The molecule has 0 aliphatic carbocycles. The number of amides is 1. The molecule has 5 heteroatoms. The van der Waals surface area contributed by atoms with Gasteiger partial charge in [-0.05, 0) is 59.7 Å². The molecule has 19 heavy (non-hydrogen) atoms. The molecule has 0 aliphatic heterocycles. The lowest BCUT2D eigenvalue weighted by molar-refractivity contribution is -0.147. The molecule has 104 valence electrons. The van der Waals surface area contributed by atoms with E-state index in [0.29, 0.717) is 6.42 Å². The van der Waals surface area contributed by atoms with E-state index < -0.39 is 0 Å². The molecule has 4 nitrogen and oxygen atoms in total. The Balaban J connectivity index is 2.41. The van der Waals surface area contributed by atoms with Crippen LogP contribution >= 0.6 is 22.6 Å². The highest BCUT2D eigenvalue weighted by atomic mass is 127. The Morgan fingerprint density at radius 1 is 1.37 bits per heavy atom. The third-order valence-electron chi connectivity index (χ3n) is 2.56. The third-order valence-corrected chi connectivity index (χ3v) is 3.23. The summed E-state index contributed by atoms with van der Waals surface area (Å²) < 4.78 is 6.00. The van der Waals surface area contributed by atoms with Gasteiger partial charge in [0.2, 0.25) is 0 Å². The molecule has 0 unspecified atom stereocenters. The van der Waals surface area contributed by atoms with E-state index >= 15 is 0 Å². The zero-order chi connectivity index (χ0) is 14.3. The lowest BCUT2D eigenvalue weighted by Crippen LogP contribution is -2.21. The van der Waals surface area contributed by atoms with Crippen molar-refractivity contribution in [2.45, 2.75) is 33.1 Å². The van der Waals surface area contributed by atoms with E-state index in [1.54, 1.807) is 0 Å². The van der Waals surface area contributed by atoms with Gasteiger partial charge in [0.15, 0.2) is 6.61 Å². The van der Waals surface area contributed by atoms with Crippen molar-refractivity contribution in [3.63, 3.8) is 0 Å². The molecule has 0 fully saturated rings. The van der Waals surface area contributed by atoms with Crippen molar-refractivity contribution in [2.75, 3.05) is 11.9 Å². The van der Waals surface area contributed by atoms with Gasteiger partial charge in [0, 0.05) is 15.7 Å². The Bertz CT molecular complexity index is 460. The van der Waals surface area contributed by atoms with E-state index in [1.165, 1.54) is 0 Å². The number of halogens is 1. The number of hydrogen-bond acceptors (Lipinski definition) is 3. The zero-order valence-corrected chi connectivity index (χ0v) is 13.3. The summed E-state index contributed by atoms with van der Waals surface area (Å²) in [7, 11) is 0. The quantitative estimate of drug-likeness (QED) is 0.614. The van der Waals surface area contributed by atoms with Crippen LogP contribution in [0.15, 0.2) is 18.2 Å². The molecule has 0 spiro atoms. The van der Waals surface area contributed by atoms with Crippen LogP contribution < -0.4 is 5.32 Å². The van der Waals surface area contributed by atoms with Crippen LogP contribution in [-0.2, 0) is 14.3 Å². The number of nitrogens with one attached hydrogen (secondary N) is 1. The molecule has 1 rings (SSSR count). The molecular weight excluding hydrogens is 357 g/mol. The SMILES string of the molecule is CCCCC(=O)OCC(=O)Nc1ccc(I)cc1C. The molecule has 0 radical (unpaired) electrons. The van der Waals surface area contributed by atoms with Gasteiger partial charge in [-0.25, -0.2) is 0 Å². The standard InChI is InChI=1S/C14H18INO3/c1-3-4-5-14(18)19-9-13(17)16-12-7-6-11(15)8-10(12)2/h6-8H,3-5,9H2,1-2H3,(H,16,17). The predicted molar refractivity (Wildman–Crippen MR) is 83.0 cm³/mol. The first-order valence-electron chi connectivity index (χ1n) is 6.24. The Morgan fingerprint density at radius 2 is 2.11 bits per heavy atom. The summed E-state index contributed by atoms with van der Waals surface area (Å²) >= 11 is 2.21. The Morgan fingerprint density at radius 3 is 2.74 bits per heavy atom. The molecular formula is C14H18INO3. The first kappa shape index (κ1) is 15.9. The third kappa shape index (κ3) is 6.04. The van der Waals surface area contributed by atoms with Crippen molar-refractivity contribution in [1.82, 2.24) is 0 Å². The topological polar surface area (TPSA) is 55.4 Å². The van der Waals surface area contributed by atoms with Crippen LogP contribution in [0, 0.1) is 10.5 Å². The minimum atomic E-state index is -0.323. The summed E-state index contributed by atoms with van der Waals surface area (Å²) in [6.07, 6.45) is 2.09. The minimum absolute atomic E-state index is 0.228. The maximum atomic E-state index is 11.6. The fourth-order valence-electron chi connectivity index (χ4n) is 1.49. The zero-order valence-electron chi connectivity index (χ0n) is 11.2. The maximum absolute atomic E-state index is 11.6. The maximum Gasteiger partial charge on any atom is 0.306 e. The highest BCUT2D eigenvalue weighted by Gasteiger charge is 2.08. The van der Waals surface area contributed by atoms with Crippen molar-refractivity contribution in [2.24, 2.45) is 0 Å². The van der Waals surface area contributed by atoms with Gasteiger partial charge < -0.3 is 10.1 Å². The summed E-state index contributed by atoms with van der Waals surface area (Å²) in [6.45, 7) is 3.69. The van der Waals surface area contributed by atoms with Gasteiger partial charge >= 0.3 is 5.97 Å². The number of aryl methyl sites for hydroxylation is 1. The van der Waals surface area contributed by atoms with Crippen molar-refractivity contribution in [3.8, 4) is 0 Å². The molecule has 1 N–H and O–H groups in total. The number of benzene rings is 1.